The molecule has 2 N–H and O–H groups in total. The van der Waals surface area contributed by atoms with E-state index in [1.807, 2.05) is 13.8 Å². The Hall–Kier alpha value is -2.53. The van der Waals surface area contributed by atoms with Gasteiger partial charge in [-0.2, -0.15) is 0 Å². The highest BCUT2D eigenvalue weighted by atomic mass is 32.2. The summed E-state index contributed by atoms with van der Waals surface area (Å²) in [6.07, 6.45) is 1.87. The van der Waals surface area contributed by atoms with Gasteiger partial charge in [0.05, 0.1) is 16.1 Å². The Kier molecular flexibility index (Phi) is 5.56. The van der Waals surface area contributed by atoms with Gasteiger partial charge in [0.2, 0.25) is 16.0 Å². The van der Waals surface area contributed by atoms with Gasteiger partial charge in [0.15, 0.2) is 0 Å². The number of Topliss-reactive ketones (excluding diaryl/α,β-unsaturated/α-hetero) is 1. The van der Waals surface area contributed by atoms with Crippen molar-refractivity contribution in [3.05, 3.63) is 41.7 Å². The van der Waals surface area contributed by atoms with E-state index in [2.05, 4.69) is 19.4 Å². The predicted molar refractivity (Wildman–Crippen MR) is 125 cm³/mol. The number of benzene rings is 1. The lowest BCUT2D eigenvalue weighted by molar-refractivity contribution is -0.128. The molecule has 0 aliphatic heterocycles. The van der Waals surface area contributed by atoms with Crippen LogP contribution in [0.3, 0.4) is 0 Å². The number of aryl methyl sites for hydroxylation is 2. The molecular weight excluding hydrogens is 464 g/mol. The number of ketones is 1. The SMILES string of the molecule is Cc1cc(C)nc(NS(=O)(=O)c2ccc(NS(=O)(=O)C[C@@]34CC[C@H](CC3=O)C4(C)C)cc2)n1. The van der Waals surface area contributed by atoms with E-state index in [1.54, 1.807) is 19.9 Å². The fourth-order valence-corrected chi connectivity index (χ4v) is 8.14. The summed E-state index contributed by atoms with van der Waals surface area (Å²) < 4.78 is 56.1. The maximum atomic E-state index is 12.9. The maximum absolute atomic E-state index is 12.9. The molecule has 0 unspecified atom stereocenters. The lowest BCUT2D eigenvalue weighted by atomic mass is 9.70. The Morgan fingerprint density at radius 3 is 2.12 bits per heavy atom. The number of hydrogen-bond acceptors (Lipinski definition) is 7. The van der Waals surface area contributed by atoms with Crippen LogP contribution in [0.4, 0.5) is 11.6 Å². The van der Waals surface area contributed by atoms with Crippen molar-refractivity contribution in [2.75, 3.05) is 15.2 Å². The monoisotopic (exact) mass is 492 g/mol. The minimum absolute atomic E-state index is 0.0234. The van der Waals surface area contributed by atoms with Gasteiger partial charge in [-0.1, -0.05) is 13.8 Å². The van der Waals surface area contributed by atoms with Crippen molar-refractivity contribution in [1.82, 2.24) is 9.97 Å². The zero-order valence-electron chi connectivity index (χ0n) is 19.0. The number of anilines is 2. The summed E-state index contributed by atoms with van der Waals surface area (Å²) in [6.45, 7) is 7.44. The molecule has 2 bridgehead atoms. The first-order valence-electron chi connectivity index (χ1n) is 10.7. The molecule has 2 atom stereocenters. The summed E-state index contributed by atoms with van der Waals surface area (Å²) in [5.41, 5.74) is 0.246. The number of carbonyl (C=O) groups is 1. The zero-order valence-corrected chi connectivity index (χ0v) is 20.7. The molecule has 1 aromatic heterocycles. The van der Waals surface area contributed by atoms with Crippen LogP contribution in [0.25, 0.3) is 0 Å². The van der Waals surface area contributed by atoms with E-state index in [9.17, 15) is 21.6 Å². The van der Waals surface area contributed by atoms with Crippen LogP contribution in [0.2, 0.25) is 0 Å². The van der Waals surface area contributed by atoms with Crippen LogP contribution in [0.1, 0.15) is 44.5 Å². The van der Waals surface area contributed by atoms with Crippen LogP contribution in [0, 0.1) is 30.6 Å². The molecule has 4 rings (SSSR count). The van der Waals surface area contributed by atoms with E-state index < -0.39 is 25.5 Å². The van der Waals surface area contributed by atoms with Gasteiger partial charge in [0, 0.05) is 23.5 Å². The van der Waals surface area contributed by atoms with Gasteiger partial charge in [-0.15, -0.1) is 0 Å². The summed E-state index contributed by atoms with van der Waals surface area (Å²) in [7, 11) is -7.78. The lowest BCUT2D eigenvalue weighted by Gasteiger charge is -2.36. The van der Waals surface area contributed by atoms with Crippen LogP contribution in [-0.4, -0.2) is 38.3 Å². The van der Waals surface area contributed by atoms with Crippen molar-refractivity contribution in [2.45, 2.75) is 51.9 Å². The molecule has 2 aliphatic rings. The third kappa shape index (κ3) is 4.23. The molecule has 2 fully saturated rings. The van der Waals surface area contributed by atoms with Crippen molar-refractivity contribution in [3.8, 4) is 0 Å². The molecule has 0 spiro atoms. The Morgan fingerprint density at radius 1 is 1.00 bits per heavy atom. The quantitative estimate of drug-likeness (QED) is 0.606. The number of nitrogens with zero attached hydrogens (tertiary/aromatic N) is 2. The molecule has 2 aliphatic carbocycles. The van der Waals surface area contributed by atoms with Gasteiger partial charge in [-0.25, -0.2) is 31.5 Å². The topological polar surface area (TPSA) is 135 Å². The van der Waals surface area contributed by atoms with E-state index in [-0.39, 0.29) is 39.4 Å². The molecule has 1 aromatic carbocycles. The second-order valence-corrected chi connectivity index (χ2v) is 13.0. The molecule has 1 heterocycles. The molecule has 9 nitrogen and oxygen atoms in total. The van der Waals surface area contributed by atoms with Crippen LogP contribution in [-0.2, 0) is 24.8 Å². The number of carbonyl (C=O) groups excluding carboxylic acids is 1. The minimum Gasteiger partial charge on any atom is -0.299 e. The number of nitrogens with one attached hydrogen (secondary N) is 2. The predicted octanol–water partition coefficient (Wildman–Crippen LogP) is 3.03. The smallest absolute Gasteiger partial charge is 0.264 e. The number of rotatable bonds is 7. The third-order valence-electron chi connectivity index (χ3n) is 7.22. The van der Waals surface area contributed by atoms with Crippen LogP contribution < -0.4 is 9.44 Å². The Morgan fingerprint density at radius 2 is 1.61 bits per heavy atom. The molecule has 2 aromatic rings. The van der Waals surface area contributed by atoms with Gasteiger partial charge in [-0.3, -0.25) is 9.52 Å². The molecule has 178 valence electrons. The average Bonchev–Trinajstić information content (AvgIpc) is 3.00. The van der Waals surface area contributed by atoms with Gasteiger partial charge < -0.3 is 0 Å². The van der Waals surface area contributed by atoms with Crippen molar-refractivity contribution < 1.29 is 21.6 Å². The second-order valence-electron chi connectivity index (χ2n) is 9.63. The summed E-state index contributed by atoms with van der Waals surface area (Å²) >= 11 is 0. The van der Waals surface area contributed by atoms with E-state index in [4.69, 9.17) is 0 Å². The highest BCUT2D eigenvalue weighted by Crippen LogP contribution is 2.64. The molecule has 0 saturated heterocycles. The molecule has 11 heteroatoms. The molecular formula is C22H28N4O5S2. The maximum Gasteiger partial charge on any atom is 0.264 e. The van der Waals surface area contributed by atoms with Gasteiger partial charge in [0.1, 0.15) is 5.78 Å². The van der Waals surface area contributed by atoms with Crippen molar-refractivity contribution in [2.24, 2.45) is 16.7 Å². The minimum atomic E-state index is -3.95. The number of hydrogen-bond donors (Lipinski definition) is 2. The van der Waals surface area contributed by atoms with Crippen LogP contribution >= 0.6 is 0 Å². The van der Waals surface area contributed by atoms with Crippen LogP contribution in [0.15, 0.2) is 35.2 Å². The summed E-state index contributed by atoms with van der Waals surface area (Å²) in [4.78, 5) is 20.8. The summed E-state index contributed by atoms with van der Waals surface area (Å²) in [5, 5.41) is 0. The van der Waals surface area contributed by atoms with Crippen molar-refractivity contribution >= 4 is 37.5 Å². The van der Waals surface area contributed by atoms with Gasteiger partial charge in [0.25, 0.3) is 10.0 Å². The third-order valence-corrected chi connectivity index (χ3v) is 9.99. The zero-order chi connectivity index (χ0) is 24.2. The molecule has 33 heavy (non-hydrogen) atoms. The fraction of sp³-hybridized carbons (Fsp3) is 0.500. The number of sulfonamides is 2. The molecule has 0 amide bonds. The Labute approximate surface area is 194 Å². The fourth-order valence-electron chi connectivity index (χ4n) is 5.30. The molecule has 2 saturated carbocycles. The first-order chi connectivity index (χ1) is 15.2. The van der Waals surface area contributed by atoms with Crippen molar-refractivity contribution in [1.29, 1.82) is 0 Å². The standard InChI is InChI=1S/C22H28N4O5S2/c1-14-11-15(2)24-20(23-14)26-33(30,31)18-7-5-17(6-8-18)25-32(28,29)13-22-10-9-16(12-19(22)27)21(22,3)4/h5-8,11,16,25H,9-10,12-13H2,1-4H3,(H,23,24,26)/t16-,22+/m1/s1. The summed E-state index contributed by atoms with van der Waals surface area (Å²) in [5.74, 6) is -0.0580. The van der Waals surface area contributed by atoms with Crippen molar-refractivity contribution in [3.63, 3.8) is 0 Å². The highest BCUT2D eigenvalue weighted by Gasteiger charge is 2.65. The normalized spacial score (nSPS) is 24.1. The van der Waals surface area contributed by atoms with E-state index in [0.717, 1.165) is 6.42 Å². The highest BCUT2D eigenvalue weighted by molar-refractivity contribution is 7.93. The van der Waals surface area contributed by atoms with E-state index >= 15 is 0 Å². The van der Waals surface area contributed by atoms with E-state index in [1.165, 1.54) is 24.3 Å². The Balaban J connectivity index is 1.50. The van der Waals surface area contributed by atoms with Gasteiger partial charge in [-0.05, 0) is 68.4 Å². The first kappa shape index (κ1) is 23.6. The van der Waals surface area contributed by atoms with E-state index in [0.29, 0.717) is 24.2 Å². The number of fused-ring (bicyclic) bond motifs is 2. The lowest BCUT2D eigenvalue weighted by Crippen LogP contribution is -2.43. The summed E-state index contributed by atoms with van der Waals surface area (Å²) in [6, 6.07) is 7.09. The van der Waals surface area contributed by atoms with Gasteiger partial charge >= 0.3 is 0 Å². The molecule has 0 radical (unpaired) electrons. The first-order valence-corrected chi connectivity index (χ1v) is 13.9. The second kappa shape index (κ2) is 7.76. The van der Waals surface area contributed by atoms with Crippen LogP contribution in [0.5, 0.6) is 0 Å². The average molecular weight is 493 g/mol. The Bertz CT molecular complexity index is 1300. The largest absolute Gasteiger partial charge is 0.299 e. The number of aromatic nitrogens is 2.